The number of ether oxygens (including phenoxy) is 3. The summed E-state index contributed by atoms with van der Waals surface area (Å²) in [6.07, 6.45) is 4.51. The van der Waals surface area contributed by atoms with Crippen molar-refractivity contribution in [3.63, 3.8) is 0 Å². The van der Waals surface area contributed by atoms with Crippen molar-refractivity contribution in [1.82, 2.24) is 56.0 Å². The number of aliphatic carboxylic acids is 1. The minimum absolute atomic E-state index is 0.0323. The molecule has 7 aromatic rings. The number of piperazine rings is 2. The van der Waals surface area contributed by atoms with Gasteiger partial charge in [0.15, 0.2) is 11.6 Å². The van der Waals surface area contributed by atoms with Crippen LogP contribution in [0.5, 0.6) is 17.5 Å². The van der Waals surface area contributed by atoms with Gasteiger partial charge in [-0.25, -0.2) is 14.8 Å². The number of carboxylic acids is 1. The quantitative estimate of drug-likeness (QED) is 0.0164. The van der Waals surface area contributed by atoms with Crippen molar-refractivity contribution in [2.75, 3.05) is 93.0 Å². The van der Waals surface area contributed by atoms with Crippen LogP contribution in [0.4, 0.5) is 27.7 Å². The second-order valence-corrected chi connectivity index (χ2v) is 28.8. The number of pyridine rings is 1. The number of anilines is 4. The minimum Gasteiger partial charge on any atom is -0.488 e. The van der Waals surface area contributed by atoms with E-state index < -0.39 is 53.3 Å². The number of primary amides is 1. The van der Waals surface area contributed by atoms with Gasteiger partial charge in [-0.1, -0.05) is 68.8 Å². The van der Waals surface area contributed by atoms with Gasteiger partial charge >= 0.3 is 12.0 Å². The van der Waals surface area contributed by atoms with Gasteiger partial charge in [0.2, 0.25) is 29.5 Å². The van der Waals surface area contributed by atoms with Crippen molar-refractivity contribution in [3.05, 3.63) is 131 Å². The van der Waals surface area contributed by atoms with Gasteiger partial charge < -0.3 is 76.4 Å². The normalized spacial score (nSPS) is 20.3. The summed E-state index contributed by atoms with van der Waals surface area (Å²) in [5.41, 5.74) is 19.5. The third kappa shape index (κ3) is 17.1. The fourth-order valence-electron chi connectivity index (χ4n) is 14.7. The van der Waals surface area contributed by atoms with Crippen LogP contribution in [0.25, 0.3) is 21.7 Å². The summed E-state index contributed by atoms with van der Waals surface area (Å²) in [4.78, 5) is 99.4. The average molecular weight is 1430 g/mol. The number of aliphatic hydroxyl groups is 1. The van der Waals surface area contributed by atoms with Crippen LogP contribution in [-0.2, 0) is 30.6 Å². The van der Waals surface area contributed by atoms with Crippen molar-refractivity contribution >= 4 is 69.8 Å². The molecule has 4 unspecified atom stereocenters. The van der Waals surface area contributed by atoms with E-state index in [1.165, 1.54) is 4.90 Å². The largest absolute Gasteiger partial charge is 0.488 e. The van der Waals surface area contributed by atoms with Gasteiger partial charge in [0.1, 0.15) is 49.0 Å². The zero-order valence-corrected chi connectivity index (χ0v) is 59.6. The number of amides is 6. The molecular formula is C74H92N16O12S. The Kier molecular flexibility index (Phi) is 23.0. The van der Waals surface area contributed by atoms with Crippen LogP contribution < -0.4 is 56.7 Å². The highest BCUT2D eigenvalue weighted by Crippen LogP contribution is 2.43. The molecule has 8 heterocycles. The van der Waals surface area contributed by atoms with Gasteiger partial charge in [-0.15, -0.1) is 21.5 Å². The number of thiazole rings is 1. The number of rotatable bonds is 30. The number of urea groups is 1. The lowest BCUT2D eigenvalue weighted by molar-refractivity contribution is -0.162. The molecule has 3 aromatic carbocycles. The molecule has 4 saturated heterocycles. The molecule has 0 spiro atoms. The number of carbonyl (C=O) groups excluding carboxylic acids is 5. The van der Waals surface area contributed by atoms with E-state index in [1.807, 2.05) is 112 Å². The molecule has 6 amide bonds. The number of hydrogen-bond donors (Lipinski definition) is 8. The Morgan fingerprint density at radius 1 is 0.835 bits per heavy atom. The van der Waals surface area contributed by atoms with E-state index in [-0.39, 0.29) is 93.2 Å². The standard InChI is InChI=1S/C74H92N16O12S/c1-44(2)65(70(94)89-41-55(91)35-60(89)69(93)80-46(4)49-15-17-50(18-16-49)66-47(5)79-43-103-66)62-37-64(85-102-62)100-32-30-86-28-29-87(45(3)38-86)31-33-99-63-34-52(23-27-77-63)90-53-21-22-54(90)40-88(39-53)59-36-58(83-84-67(59)75)56-10-6-7-12-61(56)101-42-48-13-19-51(20-14-48)81-68(92)57(11-8-26-78-73(76)98)82-71(95)74(72(96)97)24-9-25-74/h6-7,10,12-20,23,27,34,36-37,43-46,53-55,57,60,65,91H,8-9,11,21-22,24-26,28-33,35,38-42H2,1-5H3,(H2,75,84)(H,80,93)(H,81,92)(H,82,95)(H,96,97)(H3,76,78,98)/t45?,46-,53?,54?,55+,57-,60-,65?/m0/s1. The Balaban J connectivity index is 0.580. The van der Waals surface area contributed by atoms with E-state index in [0.29, 0.717) is 67.2 Å². The second kappa shape index (κ2) is 32.6. The van der Waals surface area contributed by atoms with E-state index in [4.69, 9.17) is 30.2 Å². The lowest BCUT2D eigenvalue weighted by atomic mass is 9.68. The van der Waals surface area contributed by atoms with Crippen LogP contribution in [0.2, 0.25) is 0 Å². The highest BCUT2D eigenvalue weighted by Gasteiger charge is 2.52. The fraction of sp³-hybridized carbons (Fsp3) is 0.473. The molecule has 5 aliphatic rings. The zero-order valence-electron chi connectivity index (χ0n) is 58.7. The van der Waals surface area contributed by atoms with Crippen LogP contribution in [0.1, 0.15) is 114 Å². The van der Waals surface area contributed by atoms with Crippen molar-refractivity contribution < 1.29 is 57.7 Å². The highest BCUT2D eigenvalue weighted by molar-refractivity contribution is 7.13. The van der Waals surface area contributed by atoms with Crippen LogP contribution in [0, 0.1) is 18.3 Å². The first-order chi connectivity index (χ1) is 49.7. The predicted molar refractivity (Wildman–Crippen MR) is 387 cm³/mol. The number of nitrogens with zero attached hydrogens (tertiary/aromatic N) is 10. The highest BCUT2D eigenvalue weighted by atomic mass is 32.1. The number of fused-ring (bicyclic) bond motifs is 2. The number of nitrogen functional groups attached to an aromatic ring is 1. The Morgan fingerprint density at radius 3 is 2.28 bits per heavy atom. The molecule has 10 N–H and O–H groups in total. The Morgan fingerprint density at radius 2 is 1.58 bits per heavy atom. The Hall–Kier alpha value is -9.97. The maximum Gasteiger partial charge on any atom is 0.319 e. The average Bonchev–Trinajstić information content (AvgIpc) is 1.76. The maximum atomic E-state index is 14.4. The fourth-order valence-corrected chi connectivity index (χ4v) is 15.5. The summed E-state index contributed by atoms with van der Waals surface area (Å²) in [6, 6.07) is 28.1. The molecule has 1 aliphatic carbocycles. The zero-order chi connectivity index (χ0) is 72.5. The Bertz CT molecular complexity index is 4120. The van der Waals surface area contributed by atoms with E-state index in [0.717, 1.165) is 96.3 Å². The number of aromatic nitrogens is 5. The van der Waals surface area contributed by atoms with E-state index in [9.17, 15) is 39.0 Å². The van der Waals surface area contributed by atoms with Gasteiger partial charge in [0, 0.05) is 119 Å². The number of para-hydroxylation sites is 1. The smallest absolute Gasteiger partial charge is 0.319 e. The Labute approximate surface area is 602 Å². The number of β-amino-alcohol motifs (C(OH)–C–C–N with tert-alkyl or cyclic N) is 1. The number of carboxylic acid groups (broad SMARTS) is 1. The number of aliphatic hydroxyl groups excluding tert-OH is 1. The molecule has 546 valence electrons. The maximum absolute atomic E-state index is 14.4. The summed E-state index contributed by atoms with van der Waals surface area (Å²) in [7, 11) is 0. The molecule has 8 atom stereocenters. The number of aryl methyl sites for hydroxylation is 1. The molecular weight excluding hydrogens is 1340 g/mol. The van der Waals surface area contributed by atoms with Crippen LogP contribution in [0.3, 0.4) is 0 Å². The summed E-state index contributed by atoms with van der Waals surface area (Å²) >= 11 is 1.58. The topological polar surface area (TPSA) is 365 Å². The first-order valence-electron chi connectivity index (χ1n) is 35.5. The van der Waals surface area contributed by atoms with Crippen LogP contribution in [0.15, 0.2) is 113 Å². The molecule has 12 rings (SSSR count). The predicted octanol–water partition coefficient (Wildman–Crippen LogP) is 7.15. The summed E-state index contributed by atoms with van der Waals surface area (Å²) in [6.45, 7) is 16.5. The van der Waals surface area contributed by atoms with Gasteiger partial charge in [0.05, 0.1) is 39.6 Å². The third-order valence-electron chi connectivity index (χ3n) is 20.6. The third-order valence-corrected chi connectivity index (χ3v) is 21.6. The van der Waals surface area contributed by atoms with Crippen molar-refractivity contribution in [3.8, 4) is 39.2 Å². The van der Waals surface area contributed by atoms with E-state index in [2.05, 4.69) is 79.2 Å². The van der Waals surface area contributed by atoms with Gasteiger partial charge in [-0.3, -0.25) is 33.8 Å². The molecule has 0 radical (unpaired) electrons. The minimum atomic E-state index is -1.57. The molecule has 5 fully saturated rings. The van der Waals surface area contributed by atoms with Crippen LogP contribution >= 0.6 is 11.3 Å². The number of likely N-dealkylation sites (tertiary alicyclic amines) is 1. The molecule has 103 heavy (non-hydrogen) atoms. The number of benzene rings is 3. The molecule has 4 aliphatic heterocycles. The number of nitrogens with two attached hydrogens (primary N) is 2. The second-order valence-electron chi connectivity index (χ2n) is 27.9. The lowest BCUT2D eigenvalue weighted by Crippen LogP contribution is -2.55. The molecule has 29 heteroatoms. The number of nitrogens with one attached hydrogen (secondary N) is 4. The summed E-state index contributed by atoms with van der Waals surface area (Å²) in [5, 5.41) is 44.8. The van der Waals surface area contributed by atoms with Gasteiger partial charge in [-0.05, 0) is 123 Å². The van der Waals surface area contributed by atoms with Crippen molar-refractivity contribution in [2.45, 2.75) is 141 Å². The van der Waals surface area contributed by atoms with E-state index >= 15 is 0 Å². The molecule has 2 bridgehead atoms. The number of hydrogen-bond acceptors (Lipinski definition) is 22. The monoisotopic (exact) mass is 1430 g/mol. The van der Waals surface area contributed by atoms with E-state index in [1.54, 1.807) is 29.5 Å². The first-order valence-corrected chi connectivity index (χ1v) is 36.4. The lowest BCUT2D eigenvalue weighted by Gasteiger charge is -2.43. The van der Waals surface area contributed by atoms with Crippen LogP contribution in [-0.4, -0.2) is 194 Å². The molecule has 28 nitrogen and oxygen atoms in total. The molecule has 1 saturated carbocycles. The van der Waals surface area contributed by atoms with Gasteiger partial charge in [0.25, 0.3) is 5.88 Å². The van der Waals surface area contributed by atoms with Crippen molar-refractivity contribution in [2.24, 2.45) is 17.1 Å². The number of carbonyl (C=O) groups is 6. The summed E-state index contributed by atoms with van der Waals surface area (Å²) < 4.78 is 24.6. The summed E-state index contributed by atoms with van der Waals surface area (Å²) in [5.74, 6) is -1.95. The first kappa shape index (κ1) is 72.8. The van der Waals surface area contributed by atoms with Gasteiger partial charge in [-0.2, -0.15) is 0 Å². The molecule has 4 aromatic heterocycles. The SMILES string of the molecule is Cc1ncsc1-c1ccc([C@H](C)NC(=O)[C@@H]2C[C@@H](O)CN2C(=O)C(c2cc(OCCN3CCN(CCOc4cc(N5C6CCC5CN(c5cc(-c7ccccc7OCc7ccc(NC(=O)[C@H](CCCNC(N)=O)NC(=O)C8(C(=O)O)CCC8)cc7)nnc5N)C6)ccn4)C(C)C3)no2)C(C)C)cc1. The van der Waals surface area contributed by atoms with Crippen molar-refractivity contribution in [1.29, 1.82) is 0 Å².